The second-order valence-electron chi connectivity index (χ2n) is 4.33. The van der Waals surface area contributed by atoms with Gasteiger partial charge in [0.2, 0.25) is 0 Å². The molecule has 16 heavy (non-hydrogen) atoms. The lowest BCUT2D eigenvalue weighted by Gasteiger charge is -2.33. The van der Waals surface area contributed by atoms with Crippen LogP contribution in [0.3, 0.4) is 0 Å². The van der Waals surface area contributed by atoms with Crippen molar-refractivity contribution in [2.75, 3.05) is 37.4 Å². The van der Waals surface area contributed by atoms with Crippen molar-refractivity contribution in [1.29, 1.82) is 0 Å². The summed E-state index contributed by atoms with van der Waals surface area (Å²) in [7, 11) is 1.76. The van der Waals surface area contributed by atoms with Crippen LogP contribution >= 0.6 is 0 Å². The molecular weight excluding hydrogens is 202 g/mol. The Kier molecular flexibility index (Phi) is 3.62. The largest absolute Gasteiger partial charge is 0.396 e. The summed E-state index contributed by atoms with van der Waals surface area (Å²) < 4.78 is 5.22. The first-order chi connectivity index (χ1) is 7.81. The van der Waals surface area contributed by atoms with Crippen LogP contribution in [-0.2, 0) is 4.74 Å². The molecule has 0 spiro atoms. The number of rotatable bonds is 3. The third-order valence-corrected chi connectivity index (χ3v) is 3.04. The summed E-state index contributed by atoms with van der Waals surface area (Å²) in [5.74, 6) is 1.52. The number of anilines is 2. The molecule has 0 amide bonds. The van der Waals surface area contributed by atoms with E-state index in [0.29, 0.717) is 5.92 Å². The number of aromatic nitrogens is 1. The van der Waals surface area contributed by atoms with Crippen LogP contribution in [0.5, 0.6) is 0 Å². The van der Waals surface area contributed by atoms with Crippen molar-refractivity contribution in [3.63, 3.8) is 0 Å². The van der Waals surface area contributed by atoms with Crippen LogP contribution in [0.1, 0.15) is 12.8 Å². The maximum Gasteiger partial charge on any atom is 0.151 e. The van der Waals surface area contributed by atoms with Gasteiger partial charge in [0.1, 0.15) is 0 Å². The van der Waals surface area contributed by atoms with E-state index in [1.165, 1.54) is 12.8 Å². The fourth-order valence-corrected chi connectivity index (χ4v) is 2.30. The van der Waals surface area contributed by atoms with Crippen molar-refractivity contribution in [2.24, 2.45) is 5.92 Å². The van der Waals surface area contributed by atoms with Gasteiger partial charge in [-0.25, -0.2) is 4.98 Å². The van der Waals surface area contributed by atoms with Crippen molar-refractivity contribution in [1.82, 2.24) is 4.98 Å². The van der Waals surface area contributed by atoms with Gasteiger partial charge in [0.25, 0.3) is 0 Å². The normalized spacial score (nSPS) is 21.1. The zero-order chi connectivity index (χ0) is 11.4. The van der Waals surface area contributed by atoms with Gasteiger partial charge in [-0.2, -0.15) is 0 Å². The maximum atomic E-state index is 5.94. The molecule has 0 bridgehead atoms. The second-order valence-corrected chi connectivity index (χ2v) is 4.33. The Bertz CT molecular complexity index is 341. The molecule has 88 valence electrons. The second kappa shape index (κ2) is 5.16. The predicted octanol–water partition coefficient (Wildman–Crippen LogP) is 1.53. The number of nitrogen functional groups attached to an aromatic ring is 1. The van der Waals surface area contributed by atoms with Gasteiger partial charge >= 0.3 is 0 Å². The van der Waals surface area contributed by atoms with Crippen molar-refractivity contribution < 1.29 is 4.74 Å². The Morgan fingerprint density at radius 3 is 3.25 bits per heavy atom. The van der Waals surface area contributed by atoms with Crippen LogP contribution < -0.4 is 10.6 Å². The van der Waals surface area contributed by atoms with Gasteiger partial charge in [-0.15, -0.1) is 0 Å². The monoisotopic (exact) mass is 221 g/mol. The fraction of sp³-hybridized carbons (Fsp3) is 0.583. The summed E-state index contributed by atoms with van der Waals surface area (Å²) in [5.41, 5.74) is 6.70. The number of ether oxygens (including phenoxy) is 1. The van der Waals surface area contributed by atoms with Gasteiger partial charge in [-0.1, -0.05) is 0 Å². The first kappa shape index (κ1) is 11.2. The molecule has 1 fully saturated rings. The Balaban J connectivity index is 2.07. The van der Waals surface area contributed by atoms with Gasteiger partial charge in [0, 0.05) is 26.4 Å². The van der Waals surface area contributed by atoms with Crippen molar-refractivity contribution >= 4 is 11.5 Å². The molecule has 1 aliphatic heterocycles. The molecule has 2 N–H and O–H groups in total. The lowest BCUT2D eigenvalue weighted by atomic mass is 9.99. The lowest BCUT2D eigenvalue weighted by molar-refractivity contribution is 0.143. The average molecular weight is 221 g/mol. The minimum absolute atomic E-state index is 0.597. The molecule has 1 atom stereocenters. The molecule has 4 nitrogen and oxygen atoms in total. The molecular formula is C12H19N3O. The van der Waals surface area contributed by atoms with E-state index in [2.05, 4.69) is 9.88 Å². The number of hydrogen-bond donors (Lipinski definition) is 1. The quantitative estimate of drug-likeness (QED) is 0.841. The number of hydrogen-bond acceptors (Lipinski definition) is 4. The highest BCUT2D eigenvalue weighted by molar-refractivity contribution is 5.62. The Morgan fingerprint density at radius 1 is 1.62 bits per heavy atom. The summed E-state index contributed by atoms with van der Waals surface area (Å²) in [6.07, 6.45) is 4.22. The van der Waals surface area contributed by atoms with Crippen molar-refractivity contribution in [3.8, 4) is 0 Å². The number of nitrogens with zero attached hydrogens (tertiary/aromatic N) is 2. The highest BCUT2D eigenvalue weighted by atomic mass is 16.5. The van der Waals surface area contributed by atoms with Crippen LogP contribution in [0, 0.1) is 5.92 Å². The van der Waals surface area contributed by atoms with E-state index in [9.17, 15) is 0 Å². The number of nitrogens with two attached hydrogens (primary N) is 1. The molecule has 4 heteroatoms. The Hall–Kier alpha value is -1.29. The minimum Gasteiger partial charge on any atom is -0.396 e. The van der Waals surface area contributed by atoms with Crippen molar-refractivity contribution in [3.05, 3.63) is 18.3 Å². The van der Waals surface area contributed by atoms with E-state index in [1.54, 1.807) is 13.3 Å². The summed E-state index contributed by atoms with van der Waals surface area (Å²) in [4.78, 5) is 6.62. The van der Waals surface area contributed by atoms with Crippen LogP contribution in [-0.4, -0.2) is 31.8 Å². The molecule has 2 rings (SSSR count). The lowest BCUT2D eigenvalue weighted by Crippen LogP contribution is -2.37. The Morgan fingerprint density at radius 2 is 2.50 bits per heavy atom. The van der Waals surface area contributed by atoms with E-state index < -0.39 is 0 Å². The summed E-state index contributed by atoms with van der Waals surface area (Å²) in [5, 5.41) is 0. The van der Waals surface area contributed by atoms with E-state index >= 15 is 0 Å². The number of methoxy groups -OCH3 is 1. The zero-order valence-corrected chi connectivity index (χ0v) is 9.72. The van der Waals surface area contributed by atoms with E-state index in [1.807, 2.05) is 12.1 Å². The number of piperidine rings is 1. The first-order valence-electron chi connectivity index (χ1n) is 5.75. The van der Waals surface area contributed by atoms with Gasteiger partial charge in [-0.3, -0.25) is 0 Å². The van der Waals surface area contributed by atoms with Gasteiger partial charge < -0.3 is 15.4 Å². The molecule has 1 saturated heterocycles. The smallest absolute Gasteiger partial charge is 0.151 e. The molecule has 1 aromatic heterocycles. The van der Waals surface area contributed by atoms with E-state index in [-0.39, 0.29) is 0 Å². The zero-order valence-electron chi connectivity index (χ0n) is 9.72. The standard InChI is InChI=1S/C12H19N3O/c1-16-9-10-4-3-7-15(8-10)12-11(13)5-2-6-14-12/h2,5-6,10H,3-4,7-9,13H2,1H3. The predicted molar refractivity (Wildman–Crippen MR) is 65.5 cm³/mol. The summed E-state index contributed by atoms with van der Waals surface area (Å²) in [6, 6.07) is 3.78. The molecule has 2 heterocycles. The molecule has 0 saturated carbocycles. The highest BCUT2D eigenvalue weighted by Gasteiger charge is 2.21. The van der Waals surface area contributed by atoms with Gasteiger partial charge in [0.05, 0.1) is 12.3 Å². The third kappa shape index (κ3) is 2.44. The minimum atomic E-state index is 0.597. The summed E-state index contributed by atoms with van der Waals surface area (Å²) >= 11 is 0. The molecule has 0 aliphatic carbocycles. The number of pyridine rings is 1. The highest BCUT2D eigenvalue weighted by Crippen LogP contribution is 2.25. The van der Waals surface area contributed by atoms with Crippen LogP contribution in [0.15, 0.2) is 18.3 Å². The fourth-order valence-electron chi connectivity index (χ4n) is 2.30. The average Bonchev–Trinajstić information content (AvgIpc) is 2.30. The van der Waals surface area contributed by atoms with Gasteiger partial charge in [0.15, 0.2) is 5.82 Å². The van der Waals surface area contributed by atoms with E-state index in [0.717, 1.165) is 31.2 Å². The molecule has 0 radical (unpaired) electrons. The topological polar surface area (TPSA) is 51.4 Å². The van der Waals surface area contributed by atoms with Crippen LogP contribution in [0.2, 0.25) is 0 Å². The molecule has 1 unspecified atom stereocenters. The summed E-state index contributed by atoms with van der Waals surface area (Å²) in [6.45, 7) is 2.86. The van der Waals surface area contributed by atoms with Gasteiger partial charge in [-0.05, 0) is 30.9 Å². The van der Waals surface area contributed by atoms with Crippen LogP contribution in [0.25, 0.3) is 0 Å². The van der Waals surface area contributed by atoms with E-state index in [4.69, 9.17) is 10.5 Å². The van der Waals surface area contributed by atoms with Crippen molar-refractivity contribution in [2.45, 2.75) is 12.8 Å². The SMILES string of the molecule is COCC1CCCN(c2ncccc2N)C1. The molecule has 1 aliphatic rings. The third-order valence-electron chi connectivity index (χ3n) is 3.04. The Labute approximate surface area is 96.4 Å². The van der Waals surface area contributed by atoms with Crippen LogP contribution in [0.4, 0.5) is 11.5 Å². The molecule has 1 aromatic rings. The molecule has 0 aromatic carbocycles. The maximum absolute atomic E-state index is 5.94. The first-order valence-corrected chi connectivity index (χ1v) is 5.75.